The van der Waals surface area contributed by atoms with Crippen molar-refractivity contribution in [3.8, 4) is 5.88 Å². The molecule has 1 aliphatic carbocycles. The van der Waals surface area contributed by atoms with E-state index in [9.17, 15) is 9.59 Å². The molecule has 1 saturated carbocycles. The Hall–Kier alpha value is -2.60. The zero-order valence-corrected chi connectivity index (χ0v) is 14.9. The summed E-state index contributed by atoms with van der Waals surface area (Å²) in [6.07, 6.45) is 3.67. The Kier molecular flexibility index (Phi) is 5.73. The van der Waals surface area contributed by atoms with Crippen molar-refractivity contribution in [3.63, 3.8) is 0 Å². The Morgan fingerprint density at radius 1 is 1.27 bits per heavy atom. The lowest BCUT2D eigenvalue weighted by Gasteiger charge is -2.21. The molecule has 0 bridgehead atoms. The highest BCUT2D eigenvalue weighted by atomic mass is 35.5. The number of carboxylic acids is 1. The molecule has 1 fully saturated rings. The second-order valence-electron chi connectivity index (χ2n) is 6.31. The molecule has 0 saturated heterocycles. The molecule has 0 atom stereocenters. The molecule has 1 aromatic carbocycles. The largest absolute Gasteiger partial charge is 0.480 e. The van der Waals surface area contributed by atoms with Crippen LogP contribution in [-0.2, 0) is 11.3 Å². The van der Waals surface area contributed by atoms with Gasteiger partial charge in [-0.25, -0.2) is 4.98 Å². The van der Waals surface area contributed by atoms with Gasteiger partial charge in [0.05, 0.1) is 12.2 Å². The van der Waals surface area contributed by atoms with E-state index in [0.29, 0.717) is 18.4 Å². The number of carbonyl (C=O) groups excluding carboxylic acids is 1. The van der Waals surface area contributed by atoms with Gasteiger partial charge >= 0.3 is 5.97 Å². The summed E-state index contributed by atoms with van der Waals surface area (Å²) >= 11 is 6.17. The SMILES string of the molecule is O=C(O)CN(Cc1ccccc1)C(=O)c1cnc(OCC2CC2)c(Cl)c1. The van der Waals surface area contributed by atoms with Gasteiger partial charge in [0.25, 0.3) is 5.91 Å². The molecule has 136 valence electrons. The van der Waals surface area contributed by atoms with Crippen molar-refractivity contribution in [2.24, 2.45) is 5.92 Å². The van der Waals surface area contributed by atoms with Gasteiger partial charge in [0.2, 0.25) is 5.88 Å². The lowest BCUT2D eigenvalue weighted by atomic mass is 10.2. The number of carboxylic acid groups (broad SMARTS) is 1. The molecule has 6 nitrogen and oxygen atoms in total. The summed E-state index contributed by atoms with van der Waals surface area (Å²) < 4.78 is 5.55. The number of hydrogen-bond acceptors (Lipinski definition) is 4. The number of rotatable bonds is 8. The van der Waals surface area contributed by atoms with E-state index >= 15 is 0 Å². The number of aliphatic carboxylic acids is 1. The molecule has 7 heteroatoms. The lowest BCUT2D eigenvalue weighted by molar-refractivity contribution is -0.137. The average molecular weight is 375 g/mol. The van der Waals surface area contributed by atoms with Gasteiger partial charge in [-0.15, -0.1) is 0 Å². The van der Waals surface area contributed by atoms with E-state index in [4.69, 9.17) is 21.4 Å². The number of aromatic nitrogens is 1. The van der Waals surface area contributed by atoms with Gasteiger partial charge in [-0.3, -0.25) is 9.59 Å². The third-order valence-electron chi connectivity index (χ3n) is 4.04. The number of ether oxygens (including phenoxy) is 1. The van der Waals surface area contributed by atoms with Gasteiger partial charge in [-0.05, 0) is 30.4 Å². The maximum Gasteiger partial charge on any atom is 0.323 e. The lowest BCUT2D eigenvalue weighted by Crippen LogP contribution is -2.35. The van der Waals surface area contributed by atoms with Crippen LogP contribution >= 0.6 is 11.6 Å². The van der Waals surface area contributed by atoms with Crippen LogP contribution in [0.4, 0.5) is 0 Å². The summed E-state index contributed by atoms with van der Waals surface area (Å²) in [5.41, 5.74) is 1.07. The van der Waals surface area contributed by atoms with Crippen molar-refractivity contribution < 1.29 is 19.4 Å². The van der Waals surface area contributed by atoms with Gasteiger partial charge in [0.15, 0.2) is 0 Å². The van der Waals surface area contributed by atoms with Crippen molar-refractivity contribution in [3.05, 3.63) is 58.7 Å². The number of hydrogen-bond donors (Lipinski definition) is 1. The van der Waals surface area contributed by atoms with E-state index < -0.39 is 18.4 Å². The van der Waals surface area contributed by atoms with Gasteiger partial charge in [-0.1, -0.05) is 41.9 Å². The van der Waals surface area contributed by atoms with Crippen LogP contribution in [0.5, 0.6) is 5.88 Å². The minimum atomic E-state index is -1.09. The number of amides is 1. The molecule has 3 rings (SSSR count). The van der Waals surface area contributed by atoms with E-state index in [2.05, 4.69) is 4.98 Å². The number of halogens is 1. The molecule has 0 radical (unpaired) electrons. The first kappa shape index (κ1) is 18.2. The Morgan fingerprint density at radius 3 is 2.62 bits per heavy atom. The first-order chi connectivity index (χ1) is 12.5. The van der Waals surface area contributed by atoms with E-state index in [1.165, 1.54) is 17.2 Å². The first-order valence-electron chi connectivity index (χ1n) is 8.36. The van der Waals surface area contributed by atoms with Crippen LogP contribution in [0.2, 0.25) is 5.02 Å². The first-order valence-corrected chi connectivity index (χ1v) is 8.74. The molecule has 0 spiro atoms. The van der Waals surface area contributed by atoms with Gasteiger partial charge < -0.3 is 14.7 Å². The molecule has 0 aliphatic heterocycles. The van der Waals surface area contributed by atoms with E-state index in [0.717, 1.165) is 18.4 Å². The Labute approximate surface area is 156 Å². The predicted octanol–water partition coefficient (Wildman–Crippen LogP) is 3.25. The van der Waals surface area contributed by atoms with Gasteiger partial charge in [0, 0.05) is 12.7 Å². The second kappa shape index (κ2) is 8.19. The van der Waals surface area contributed by atoms with E-state index in [1.807, 2.05) is 30.3 Å². The van der Waals surface area contributed by atoms with Crippen LogP contribution in [0.3, 0.4) is 0 Å². The van der Waals surface area contributed by atoms with Gasteiger partial charge in [-0.2, -0.15) is 0 Å². The Bertz CT molecular complexity index is 793. The predicted molar refractivity (Wildman–Crippen MR) is 96.3 cm³/mol. The zero-order valence-electron chi connectivity index (χ0n) is 14.1. The van der Waals surface area contributed by atoms with Crippen molar-refractivity contribution in [1.29, 1.82) is 0 Å². The van der Waals surface area contributed by atoms with Crippen molar-refractivity contribution in [2.75, 3.05) is 13.2 Å². The number of nitrogens with zero attached hydrogens (tertiary/aromatic N) is 2. The molecule has 1 N–H and O–H groups in total. The summed E-state index contributed by atoms with van der Waals surface area (Å²) in [6.45, 7) is 0.341. The summed E-state index contributed by atoms with van der Waals surface area (Å²) in [5.74, 6) is -0.675. The van der Waals surface area contributed by atoms with E-state index in [-0.39, 0.29) is 17.1 Å². The van der Waals surface area contributed by atoms with Crippen LogP contribution in [0, 0.1) is 5.92 Å². The molecule has 26 heavy (non-hydrogen) atoms. The van der Waals surface area contributed by atoms with Crippen molar-refractivity contribution >= 4 is 23.5 Å². The standard InChI is InChI=1S/C19H19ClN2O4/c20-16-8-15(9-21-18(16)26-12-14-6-7-14)19(25)22(11-17(23)24)10-13-4-2-1-3-5-13/h1-5,8-9,14H,6-7,10-12H2,(H,23,24). The van der Waals surface area contributed by atoms with Crippen molar-refractivity contribution in [1.82, 2.24) is 9.88 Å². The third-order valence-corrected chi connectivity index (χ3v) is 4.31. The normalized spacial score (nSPS) is 13.3. The zero-order chi connectivity index (χ0) is 18.5. The topological polar surface area (TPSA) is 79.7 Å². The third kappa shape index (κ3) is 4.95. The fourth-order valence-electron chi connectivity index (χ4n) is 2.48. The van der Waals surface area contributed by atoms with Crippen molar-refractivity contribution in [2.45, 2.75) is 19.4 Å². The Balaban J connectivity index is 1.74. The number of carbonyl (C=O) groups is 2. The molecular weight excluding hydrogens is 356 g/mol. The minimum Gasteiger partial charge on any atom is -0.480 e. The highest BCUT2D eigenvalue weighted by Gasteiger charge is 2.24. The van der Waals surface area contributed by atoms with Crippen LogP contribution in [-0.4, -0.2) is 40.0 Å². The Morgan fingerprint density at radius 2 is 2.00 bits per heavy atom. The summed E-state index contributed by atoms with van der Waals surface area (Å²) in [6, 6.07) is 10.7. The minimum absolute atomic E-state index is 0.184. The summed E-state index contributed by atoms with van der Waals surface area (Å²) in [4.78, 5) is 29.3. The monoisotopic (exact) mass is 374 g/mol. The highest BCUT2D eigenvalue weighted by molar-refractivity contribution is 6.32. The number of benzene rings is 1. The smallest absolute Gasteiger partial charge is 0.323 e. The van der Waals surface area contributed by atoms with Crippen LogP contribution in [0.1, 0.15) is 28.8 Å². The number of pyridine rings is 1. The maximum atomic E-state index is 12.7. The molecule has 0 unspecified atom stereocenters. The fourth-order valence-corrected chi connectivity index (χ4v) is 2.70. The molecule has 1 amide bonds. The highest BCUT2D eigenvalue weighted by Crippen LogP contribution is 2.31. The van der Waals surface area contributed by atoms with Crippen LogP contribution in [0.15, 0.2) is 42.6 Å². The van der Waals surface area contributed by atoms with Crippen LogP contribution in [0.25, 0.3) is 0 Å². The quantitative estimate of drug-likeness (QED) is 0.767. The molecule has 2 aromatic rings. The molecule has 1 aliphatic rings. The summed E-state index contributed by atoms with van der Waals surface area (Å²) in [7, 11) is 0. The average Bonchev–Trinajstić information content (AvgIpc) is 3.44. The molecule has 1 heterocycles. The molecule has 1 aromatic heterocycles. The van der Waals surface area contributed by atoms with E-state index in [1.54, 1.807) is 0 Å². The maximum absolute atomic E-state index is 12.7. The van der Waals surface area contributed by atoms with Crippen LogP contribution < -0.4 is 4.74 Å². The van der Waals surface area contributed by atoms with Gasteiger partial charge in [0.1, 0.15) is 11.6 Å². The second-order valence-corrected chi connectivity index (χ2v) is 6.71. The fraction of sp³-hybridized carbons (Fsp3) is 0.316. The summed E-state index contributed by atoms with van der Waals surface area (Å²) in [5, 5.41) is 9.37. The molecular formula is C19H19ClN2O4.